The molecule has 112 valence electrons. The van der Waals surface area contributed by atoms with Gasteiger partial charge in [-0.1, -0.05) is 42.6 Å². The number of ether oxygens (including phenoxy) is 1. The van der Waals surface area contributed by atoms with Crippen molar-refractivity contribution in [2.45, 2.75) is 26.3 Å². The van der Waals surface area contributed by atoms with Crippen LogP contribution in [0.5, 0.6) is 5.75 Å². The molecule has 0 aliphatic carbocycles. The van der Waals surface area contributed by atoms with Crippen LogP contribution in [0.15, 0.2) is 41.3 Å². The first-order valence-electron chi connectivity index (χ1n) is 6.87. The van der Waals surface area contributed by atoms with Gasteiger partial charge in [0.05, 0.1) is 13.2 Å². The molecule has 1 aromatic heterocycles. The predicted octanol–water partition coefficient (Wildman–Crippen LogP) is 4.38. The topological polar surface area (TPSA) is 31.2 Å². The minimum Gasteiger partial charge on any atom is -0.493 e. The summed E-state index contributed by atoms with van der Waals surface area (Å²) in [5, 5.41) is 1.13. The minimum absolute atomic E-state index is 0.116. The van der Waals surface area contributed by atoms with Crippen LogP contribution in [0, 0.1) is 0 Å². The molecule has 0 radical (unpaired) electrons. The van der Waals surface area contributed by atoms with E-state index in [1.165, 1.54) is 6.07 Å². The fourth-order valence-corrected chi connectivity index (χ4v) is 2.35. The third kappa shape index (κ3) is 4.51. The van der Waals surface area contributed by atoms with Gasteiger partial charge >= 0.3 is 0 Å². The highest BCUT2D eigenvalue weighted by Gasteiger charge is 2.05. The van der Waals surface area contributed by atoms with E-state index in [9.17, 15) is 4.79 Å². The Labute approximate surface area is 134 Å². The van der Waals surface area contributed by atoms with Gasteiger partial charge in [-0.05, 0) is 30.2 Å². The molecule has 0 atom stereocenters. The van der Waals surface area contributed by atoms with Crippen molar-refractivity contribution < 1.29 is 4.74 Å². The van der Waals surface area contributed by atoms with Gasteiger partial charge in [-0.3, -0.25) is 4.79 Å². The third-order valence-corrected chi connectivity index (χ3v) is 3.68. The van der Waals surface area contributed by atoms with Crippen LogP contribution in [0.2, 0.25) is 10.0 Å². The number of pyridine rings is 1. The Morgan fingerprint density at radius 3 is 2.67 bits per heavy atom. The van der Waals surface area contributed by atoms with Gasteiger partial charge in [0.1, 0.15) is 5.75 Å². The zero-order valence-corrected chi connectivity index (χ0v) is 13.3. The summed E-state index contributed by atoms with van der Waals surface area (Å²) in [6, 6.07) is 8.55. The van der Waals surface area contributed by atoms with E-state index in [-0.39, 0.29) is 5.56 Å². The number of hydrogen-bond acceptors (Lipinski definition) is 2. The van der Waals surface area contributed by atoms with Crippen LogP contribution in [0.4, 0.5) is 0 Å². The molecule has 1 heterocycles. The van der Waals surface area contributed by atoms with E-state index >= 15 is 0 Å². The van der Waals surface area contributed by atoms with Crippen LogP contribution < -0.4 is 10.3 Å². The van der Waals surface area contributed by atoms with E-state index in [4.69, 9.17) is 27.9 Å². The number of halogens is 2. The van der Waals surface area contributed by atoms with Crippen LogP contribution in [0.3, 0.4) is 0 Å². The molecule has 0 unspecified atom stereocenters. The average molecular weight is 326 g/mol. The highest BCUT2D eigenvalue weighted by Crippen LogP contribution is 2.21. The molecule has 0 bridgehead atoms. The van der Waals surface area contributed by atoms with Crippen LogP contribution in [0.25, 0.3) is 0 Å². The molecule has 0 spiro atoms. The van der Waals surface area contributed by atoms with Crippen LogP contribution in [-0.2, 0) is 6.54 Å². The summed E-state index contributed by atoms with van der Waals surface area (Å²) in [6.45, 7) is 3.13. The van der Waals surface area contributed by atoms with E-state index in [1.54, 1.807) is 29.0 Å². The lowest BCUT2D eigenvalue weighted by Crippen LogP contribution is -2.19. The van der Waals surface area contributed by atoms with Gasteiger partial charge < -0.3 is 9.30 Å². The van der Waals surface area contributed by atoms with Crippen molar-refractivity contribution in [2.75, 3.05) is 6.61 Å². The molecule has 2 rings (SSSR count). The zero-order chi connectivity index (χ0) is 15.2. The van der Waals surface area contributed by atoms with E-state index in [0.29, 0.717) is 28.9 Å². The molecule has 2 aromatic rings. The Bertz CT molecular complexity index is 668. The molecule has 0 fully saturated rings. The molecule has 21 heavy (non-hydrogen) atoms. The second-order valence-electron chi connectivity index (χ2n) is 4.77. The van der Waals surface area contributed by atoms with Crippen molar-refractivity contribution >= 4 is 23.2 Å². The summed E-state index contributed by atoms with van der Waals surface area (Å²) in [6.07, 6.45) is 3.75. The molecule has 0 saturated carbocycles. The maximum Gasteiger partial charge on any atom is 0.254 e. The Morgan fingerprint density at radius 1 is 1.19 bits per heavy atom. The fourth-order valence-electron chi connectivity index (χ4n) is 1.88. The van der Waals surface area contributed by atoms with E-state index in [1.807, 2.05) is 6.07 Å². The fraction of sp³-hybridized carbons (Fsp3) is 0.312. The number of unbranched alkanes of at least 4 members (excludes halogenated alkanes) is 1. The van der Waals surface area contributed by atoms with Crippen molar-refractivity contribution in [1.82, 2.24) is 4.57 Å². The second kappa shape index (κ2) is 7.53. The molecule has 3 nitrogen and oxygen atoms in total. The van der Waals surface area contributed by atoms with Crippen molar-refractivity contribution in [3.05, 3.63) is 62.5 Å². The van der Waals surface area contributed by atoms with E-state index in [2.05, 4.69) is 6.92 Å². The maximum absolute atomic E-state index is 12.1. The smallest absolute Gasteiger partial charge is 0.254 e. The monoisotopic (exact) mass is 325 g/mol. The molecule has 1 aromatic carbocycles. The number of nitrogens with zero attached hydrogens (tertiary/aromatic N) is 1. The van der Waals surface area contributed by atoms with Gasteiger partial charge in [0, 0.05) is 22.3 Å². The highest BCUT2D eigenvalue weighted by atomic mass is 35.5. The van der Waals surface area contributed by atoms with E-state index < -0.39 is 0 Å². The number of benzene rings is 1. The van der Waals surface area contributed by atoms with E-state index in [0.717, 1.165) is 18.4 Å². The Hall–Kier alpha value is -1.45. The van der Waals surface area contributed by atoms with Gasteiger partial charge in [-0.2, -0.15) is 0 Å². The Kier molecular flexibility index (Phi) is 5.71. The zero-order valence-electron chi connectivity index (χ0n) is 11.8. The summed E-state index contributed by atoms with van der Waals surface area (Å²) >= 11 is 12.0. The SMILES string of the molecule is CCCCOc1ccn(Cc2ccc(Cl)cc2Cl)c(=O)c1. The van der Waals surface area contributed by atoms with Crippen molar-refractivity contribution in [3.63, 3.8) is 0 Å². The number of rotatable bonds is 6. The summed E-state index contributed by atoms with van der Waals surface area (Å²) in [4.78, 5) is 12.1. The van der Waals surface area contributed by atoms with Crippen molar-refractivity contribution in [3.8, 4) is 5.75 Å². The lowest BCUT2D eigenvalue weighted by Gasteiger charge is -2.10. The maximum atomic E-state index is 12.1. The molecule has 5 heteroatoms. The molecule has 0 aliphatic rings. The summed E-state index contributed by atoms with van der Waals surface area (Å²) < 4.78 is 7.10. The van der Waals surface area contributed by atoms with Crippen LogP contribution >= 0.6 is 23.2 Å². The summed E-state index contributed by atoms with van der Waals surface area (Å²) in [5.41, 5.74) is 0.734. The first kappa shape index (κ1) is 15.9. The summed E-state index contributed by atoms with van der Waals surface area (Å²) in [5.74, 6) is 0.604. The molecule has 0 aliphatic heterocycles. The number of aromatic nitrogens is 1. The minimum atomic E-state index is -0.116. The molecule has 0 saturated heterocycles. The molecular weight excluding hydrogens is 309 g/mol. The first-order chi connectivity index (χ1) is 10.1. The second-order valence-corrected chi connectivity index (χ2v) is 5.61. The lowest BCUT2D eigenvalue weighted by atomic mass is 10.2. The third-order valence-electron chi connectivity index (χ3n) is 3.09. The normalized spacial score (nSPS) is 10.6. The van der Waals surface area contributed by atoms with Crippen LogP contribution in [-0.4, -0.2) is 11.2 Å². The first-order valence-corrected chi connectivity index (χ1v) is 7.63. The number of hydrogen-bond donors (Lipinski definition) is 0. The predicted molar refractivity (Wildman–Crippen MR) is 86.7 cm³/mol. The van der Waals surface area contributed by atoms with Crippen molar-refractivity contribution in [1.29, 1.82) is 0 Å². The molecular formula is C16H17Cl2NO2. The van der Waals surface area contributed by atoms with Gasteiger partial charge in [0.15, 0.2) is 0 Å². The van der Waals surface area contributed by atoms with Gasteiger partial charge in [0.2, 0.25) is 0 Å². The molecule has 0 N–H and O–H groups in total. The Balaban J connectivity index is 2.12. The molecule has 0 amide bonds. The highest BCUT2D eigenvalue weighted by molar-refractivity contribution is 6.35. The van der Waals surface area contributed by atoms with Crippen molar-refractivity contribution in [2.24, 2.45) is 0 Å². The van der Waals surface area contributed by atoms with Gasteiger partial charge in [0.25, 0.3) is 5.56 Å². The average Bonchev–Trinajstić information content (AvgIpc) is 2.44. The van der Waals surface area contributed by atoms with Crippen LogP contribution in [0.1, 0.15) is 25.3 Å². The quantitative estimate of drug-likeness (QED) is 0.738. The standard InChI is InChI=1S/C16H17Cl2NO2/c1-2-3-8-21-14-6-7-19(16(20)10-14)11-12-4-5-13(17)9-15(12)18/h4-7,9-10H,2-3,8,11H2,1H3. The largest absolute Gasteiger partial charge is 0.493 e. The van der Waals surface area contributed by atoms with Gasteiger partial charge in [-0.15, -0.1) is 0 Å². The lowest BCUT2D eigenvalue weighted by molar-refractivity contribution is 0.308. The Morgan fingerprint density at radius 2 is 2.00 bits per heavy atom. The summed E-state index contributed by atoms with van der Waals surface area (Å²) in [7, 11) is 0. The van der Waals surface area contributed by atoms with Gasteiger partial charge in [-0.25, -0.2) is 0 Å².